The van der Waals surface area contributed by atoms with E-state index in [1.165, 1.54) is 17.2 Å². The summed E-state index contributed by atoms with van der Waals surface area (Å²) in [7, 11) is 0. The van der Waals surface area contributed by atoms with Crippen LogP contribution in [0.5, 0.6) is 0 Å². The molecule has 30 heavy (non-hydrogen) atoms. The van der Waals surface area contributed by atoms with Gasteiger partial charge in [0, 0.05) is 6.20 Å². The summed E-state index contributed by atoms with van der Waals surface area (Å²) in [6, 6.07) is 6.61. The van der Waals surface area contributed by atoms with Crippen molar-refractivity contribution in [3.63, 3.8) is 0 Å². The Balaban J connectivity index is 1.52. The molecule has 2 aromatic heterocycles. The number of aromatic nitrogens is 4. The molecular weight excluding hydrogens is 395 g/mol. The van der Waals surface area contributed by atoms with Crippen molar-refractivity contribution >= 4 is 17.9 Å². The van der Waals surface area contributed by atoms with E-state index in [-0.39, 0.29) is 35.7 Å². The summed E-state index contributed by atoms with van der Waals surface area (Å²) in [4.78, 5) is 21.8. The molecule has 0 spiro atoms. The number of halogens is 1. The zero-order valence-corrected chi connectivity index (χ0v) is 16.2. The van der Waals surface area contributed by atoms with Gasteiger partial charge in [0.2, 0.25) is 11.8 Å². The third-order valence-electron chi connectivity index (χ3n) is 4.61. The fourth-order valence-electron chi connectivity index (χ4n) is 3.02. The lowest BCUT2D eigenvalue weighted by Crippen LogP contribution is -2.41. The van der Waals surface area contributed by atoms with Gasteiger partial charge in [-0.25, -0.2) is 14.2 Å². The largest absolute Gasteiger partial charge is 0.447 e. The molecule has 0 saturated carbocycles. The number of hydrogen-bond acceptors (Lipinski definition) is 9. The fourth-order valence-corrected chi connectivity index (χ4v) is 3.02. The number of ether oxygens (including phenoxy) is 1. The molecule has 3 heterocycles. The standard InChI is InChI=1S/C19H19FN6O4/c1-10(16-24-25-17(30-16)12-5-3-4-6-13(12)20)22-18-21-8-7-15(23-18)26-14(11(2)27)9-29-19(26)28/h3-8,10-11,14,27H,9H2,1-2H3,(H,21,22,23)/t10-,11+,14?/m0/s1. The van der Waals surface area contributed by atoms with E-state index in [1.54, 1.807) is 38.1 Å². The van der Waals surface area contributed by atoms with Gasteiger partial charge in [0.15, 0.2) is 0 Å². The van der Waals surface area contributed by atoms with Crippen LogP contribution >= 0.6 is 0 Å². The maximum absolute atomic E-state index is 13.9. The van der Waals surface area contributed by atoms with Gasteiger partial charge < -0.3 is 19.6 Å². The first-order valence-corrected chi connectivity index (χ1v) is 9.26. The maximum atomic E-state index is 13.9. The summed E-state index contributed by atoms with van der Waals surface area (Å²) < 4.78 is 24.5. The Bertz CT molecular complexity index is 1060. The minimum absolute atomic E-state index is 0.0611. The quantitative estimate of drug-likeness (QED) is 0.625. The molecule has 1 amide bonds. The third kappa shape index (κ3) is 3.79. The van der Waals surface area contributed by atoms with E-state index in [2.05, 4.69) is 25.5 Å². The molecule has 1 aromatic carbocycles. The molecule has 3 aromatic rings. The Morgan fingerprint density at radius 2 is 2.07 bits per heavy atom. The van der Waals surface area contributed by atoms with Crippen LogP contribution in [0.25, 0.3) is 11.5 Å². The molecule has 1 aliphatic heterocycles. The topological polar surface area (TPSA) is 127 Å². The number of aliphatic hydroxyl groups excluding tert-OH is 1. The van der Waals surface area contributed by atoms with Crippen molar-refractivity contribution in [2.24, 2.45) is 0 Å². The predicted molar refractivity (Wildman–Crippen MR) is 103 cm³/mol. The van der Waals surface area contributed by atoms with Crippen molar-refractivity contribution in [3.8, 4) is 11.5 Å². The zero-order chi connectivity index (χ0) is 21.3. The lowest BCUT2D eigenvalue weighted by molar-refractivity contribution is 0.142. The van der Waals surface area contributed by atoms with E-state index >= 15 is 0 Å². The van der Waals surface area contributed by atoms with Crippen LogP contribution in [0.4, 0.5) is 21.0 Å². The van der Waals surface area contributed by atoms with Crippen molar-refractivity contribution in [1.29, 1.82) is 0 Å². The summed E-state index contributed by atoms with van der Waals surface area (Å²) >= 11 is 0. The van der Waals surface area contributed by atoms with Crippen molar-refractivity contribution in [1.82, 2.24) is 20.2 Å². The van der Waals surface area contributed by atoms with Crippen LogP contribution in [0.3, 0.4) is 0 Å². The number of nitrogens with zero attached hydrogens (tertiary/aromatic N) is 5. The Morgan fingerprint density at radius 1 is 1.27 bits per heavy atom. The van der Waals surface area contributed by atoms with Crippen LogP contribution < -0.4 is 10.2 Å². The molecule has 3 atom stereocenters. The SMILES string of the molecule is C[C@H](Nc1nccc(N2C(=O)OCC2[C@@H](C)O)n1)c1nnc(-c2ccccc2F)o1. The van der Waals surface area contributed by atoms with Gasteiger partial charge in [-0.2, -0.15) is 4.98 Å². The van der Waals surface area contributed by atoms with E-state index in [9.17, 15) is 14.3 Å². The van der Waals surface area contributed by atoms with E-state index in [1.807, 2.05) is 0 Å². The summed E-state index contributed by atoms with van der Waals surface area (Å²) in [5.74, 6) is 0.297. The number of aliphatic hydroxyl groups is 1. The second-order valence-corrected chi connectivity index (χ2v) is 6.78. The lowest BCUT2D eigenvalue weighted by Gasteiger charge is -2.22. The second kappa shape index (κ2) is 8.03. The van der Waals surface area contributed by atoms with Crippen LogP contribution in [0, 0.1) is 5.82 Å². The third-order valence-corrected chi connectivity index (χ3v) is 4.61. The average Bonchev–Trinajstić information content (AvgIpc) is 3.36. The van der Waals surface area contributed by atoms with Crippen molar-refractivity contribution in [3.05, 3.63) is 48.2 Å². The summed E-state index contributed by atoms with van der Waals surface area (Å²) in [5, 5.41) is 20.8. The first-order valence-electron chi connectivity index (χ1n) is 9.26. The highest BCUT2D eigenvalue weighted by atomic mass is 19.1. The number of hydrogen-bond donors (Lipinski definition) is 2. The minimum Gasteiger partial charge on any atom is -0.447 e. The summed E-state index contributed by atoms with van der Waals surface area (Å²) in [6.45, 7) is 3.39. The van der Waals surface area contributed by atoms with Crippen LogP contribution in [-0.4, -0.2) is 50.1 Å². The number of nitrogens with one attached hydrogen (secondary N) is 1. The minimum atomic E-state index is -0.794. The second-order valence-electron chi connectivity index (χ2n) is 6.78. The Hall–Kier alpha value is -3.60. The number of cyclic esters (lactones) is 1. The van der Waals surface area contributed by atoms with Crippen LogP contribution in [0.15, 0.2) is 40.9 Å². The van der Waals surface area contributed by atoms with Gasteiger partial charge in [-0.3, -0.25) is 4.90 Å². The molecule has 1 aliphatic rings. The molecule has 0 radical (unpaired) electrons. The number of anilines is 2. The zero-order valence-electron chi connectivity index (χ0n) is 16.2. The molecular formula is C19H19FN6O4. The van der Waals surface area contributed by atoms with Gasteiger partial charge in [-0.1, -0.05) is 12.1 Å². The van der Waals surface area contributed by atoms with Crippen LogP contribution in [-0.2, 0) is 4.74 Å². The average molecular weight is 414 g/mol. The molecule has 156 valence electrons. The number of benzene rings is 1. The Labute approximate surface area is 170 Å². The number of carbonyl (C=O) groups excluding carboxylic acids is 1. The summed E-state index contributed by atoms with van der Waals surface area (Å²) in [5.41, 5.74) is 0.207. The Kier molecular flexibility index (Phi) is 5.27. The van der Waals surface area contributed by atoms with E-state index in [4.69, 9.17) is 9.15 Å². The molecule has 1 unspecified atom stereocenters. The first-order chi connectivity index (χ1) is 14.4. The van der Waals surface area contributed by atoms with E-state index in [0.29, 0.717) is 0 Å². The molecule has 0 aliphatic carbocycles. The molecule has 10 nitrogen and oxygen atoms in total. The number of rotatable bonds is 6. The van der Waals surface area contributed by atoms with Gasteiger partial charge in [-0.05, 0) is 32.0 Å². The smallest absolute Gasteiger partial charge is 0.416 e. The van der Waals surface area contributed by atoms with Crippen molar-refractivity contribution < 1.29 is 23.4 Å². The molecule has 4 rings (SSSR count). The lowest BCUT2D eigenvalue weighted by atomic mass is 10.2. The van der Waals surface area contributed by atoms with Gasteiger partial charge in [0.1, 0.15) is 30.3 Å². The van der Waals surface area contributed by atoms with Gasteiger partial charge in [0.25, 0.3) is 5.89 Å². The monoisotopic (exact) mass is 414 g/mol. The number of carbonyl (C=O) groups is 1. The van der Waals surface area contributed by atoms with Crippen LogP contribution in [0.2, 0.25) is 0 Å². The molecule has 1 saturated heterocycles. The van der Waals surface area contributed by atoms with E-state index < -0.39 is 30.1 Å². The first kappa shape index (κ1) is 19.7. The molecule has 1 fully saturated rings. The Morgan fingerprint density at radius 3 is 2.83 bits per heavy atom. The van der Waals surface area contributed by atoms with Crippen LogP contribution in [0.1, 0.15) is 25.8 Å². The van der Waals surface area contributed by atoms with Crippen molar-refractivity contribution in [2.45, 2.75) is 32.0 Å². The molecule has 0 bridgehead atoms. The normalized spacial score (nSPS) is 18.2. The van der Waals surface area contributed by atoms with Gasteiger partial charge in [-0.15, -0.1) is 10.2 Å². The highest BCUT2D eigenvalue weighted by Gasteiger charge is 2.38. The van der Waals surface area contributed by atoms with Gasteiger partial charge >= 0.3 is 6.09 Å². The molecule has 2 N–H and O–H groups in total. The molecule has 11 heteroatoms. The summed E-state index contributed by atoms with van der Waals surface area (Å²) in [6.07, 6.45) is 0.0858. The number of amides is 1. The van der Waals surface area contributed by atoms with E-state index in [0.717, 1.165) is 0 Å². The highest BCUT2D eigenvalue weighted by Crippen LogP contribution is 2.26. The highest BCUT2D eigenvalue weighted by molar-refractivity contribution is 5.89. The maximum Gasteiger partial charge on any atom is 0.416 e. The predicted octanol–water partition coefficient (Wildman–Crippen LogP) is 2.54. The fraction of sp³-hybridized carbons (Fsp3) is 0.316. The van der Waals surface area contributed by atoms with Crippen molar-refractivity contribution in [2.75, 3.05) is 16.8 Å². The van der Waals surface area contributed by atoms with Gasteiger partial charge in [0.05, 0.1) is 11.7 Å².